The Kier molecular flexibility index (Phi) is 8.70. The van der Waals surface area contributed by atoms with Crippen molar-refractivity contribution in [3.8, 4) is 0 Å². The topological polar surface area (TPSA) is 84.0 Å². The molecule has 9 heteroatoms. The number of thioether (sulfide) groups is 2. The van der Waals surface area contributed by atoms with Crippen LogP contribution in [0.2, 0.25) is 0 Å². The zero-order valence-electron chi connectivity index (χ0n) is 12.3. The highest BCUT2D eigenvalue weighted by molar-refractivity contribution is 8.03. The highest BCUT2D eigenvalue weighted by Crippen LogP contribution is 2.29. The Morgan fingerprint density at radius 1 is 1.24 bits per heavy atom. The molecule has 0 saturated carbocycles. The fourth-order valence-electron chi connectivity index (χ4n) is 1.12. The molecule has 3 amide bonds. The van der Waals surface area contributed by atoms with Crippen molar-refractivity contribution >= 4 is 46.8 Å². The number of rotatable bonds is 8. The Labute approximate surface area is 137 Å². The maximum atomic E-state index is 11.6. The van der Waals surface area contributed by atoms with Crippen molar-refractivity contribution in [1.29, 1.82) is 0 Å². The molecule has 0 spiro atoms. The van der Waals surface area contributed by atoms with E-state index in [1.807, 2.05) is 6.92 Å². The van der Waals surface area contributed by atoms with Crippen LogP contribution < -0.4 is 10.6 Å². The summed E-state index contributed by atoms with van der Waals surface area (Å²) >= 11 is 4.43. The van der Waals surface area contributed by atoms with Gasteiger partial charge in [-0.3, -0.25) is 10.1 Å². The highest BCUT2D eigenvalue weighted by Gasteiger charge is 2.11. The van der Waals surface area contributed by atoms with Crippen LogP contribution in [0.5, 0.6) is 0 Å². The number of carbonyl (C=O) groups excluding carboxylic acids is 2. The molecule has 0 aromatic carbocycles. The van der Waals surface area contributed by atoms with Gasteiger partial charge in [0, 0.05) is 12.3 Å². The predicted octanol–water partition coefficient (Wildman–Crippen LogP) is 2.61. The van der Waals surface area contributed by atoms with Gasteiger partial charge in [0.2, 0.25) is 5.91 Å². The molecule has 0 aliphatic heterocycles. The van der Waals surface area contributed by atoms with E-state index in [9.17, 15) is 9.59 Å². The summed E-state index contributed by atoms with van der Waals surface area (Å²) in [5.74, 6) is 1.42. The monoisotopic (exact) mass is 348 g/mol. The van der Waals surface area contributed by atoms with Crippen LogP contribution in [0.15, 0.2) is 8.68 Å². The lowest BCUT2D eigenvalue weighted by Crippen LogP contribution is -2.40. The maximum Gasteiger partial charge on any atom is 0.321 e. The summed E-state index contributed by atoms with van der Waals surface area (Å²) in [4.78, 5) is 22.9. The Morgan fingerprint density at radius 2 is 1.90 bits per heavy atom. The molecule has 0 atom stereocenters. The van der Waals surface area contributed by atoms with Crippen LogP contribution in [-0.2, 0) is 4.79 Å². The Hall–Kier alpha value is -0.800. The minimum absolute atomic E-state index is 0.156. The molecule has 0 radical (unpaired) electrons. The van der Waals surface area contributed by atoms with Gasteiger partial charge in [-0.25, -0.2) is 4.79 Å². The summed E-state index contributed by atoms with van der Waals surface area (Å²) in [6, 6.07) is -0.451. The number of amides is 3. The van der Waals surface area contributed by atoms with E-state index in [1.165, 1.54) is 23.1 Å². The minimum Gasteiger partial charge on any atom is -0.338 e. The molecule has 1 aromatic heterocycles. The first-order valence-corrected chi connectivity index (χ1v) is 9.46. The quantitative estimate of drug-likeness (QED) is 0.703. The Bertz CT molecular complexity index is 465. The van der Waals surface area contributed by atoms with Gasteiger partial charge in [-0.2, -0.15) is 0 Å². The Balaban J connectivity index is 2.28. The van der Waals surface area contributed by atoms with Gasteiger partial charge in [-0.05, 0) is 12.3 Å². The Morgan fingerprint density at radius 3 is 2.52 bits per heavy atom. The standard InChI is InChI=1S/C12H20N4O2S3/c1-4-5-13-10(18)14-9(17)7-20-12-16-15-11(21-12)19-6-8(2)3/h8H,4-7H2,1-3H3,(H2,13,14,17,18). The first-order chi connectivity index (χ1) is 10.0. The molecule has 2 N–H and O–H groups in total. The van der Waals surface area contributed by atoms with E-state index in [0.717, 1.165) is 20.9 Å². The molecule has 1 heterocycles. The van der Waals surface area contributed by atoms with Crippen molar-refractivity contribution < 1.29 is 9.59 Å². The molecule has 118 valence electrons. The van der Waals surface area contributed by atoms with Crippen molar-refractivity contribution in [1.82, 2.24) is 20.8 Å². The third-order valence-electron chi connectivity index (χ3n) is 2.04. The molecule has 0 bridgehead atoms. The van der Waals surface area contributed by atoms with Gasteiger partial charge in [0.25, 0.3) is 0 Å². The third-order valence-corrected chi connectivity index (χ3v) is 5.66. The largest absolute Gasteiger partial charge is 0.338 e. The van der Waals surface area contributed by atoms with Gasteiger partial charge in [0.15, 0.2) is 8.68 Å². The number of hydrogen-bond acceptors (Lipinski definition) is 7. The zero-order valence-corrected chi connectivity index (χ0v) is 14.8. The van der Waals surface area contributed by atoms with Gasteiger partial charge >= 0.3 is 6.03 Å². The van der Waals surface area contributed by atoms with Crippen LogP contribution in [0, 0.1) is 5.92 Å². The molecule has 0 unspecified atom stereocenters. The number of nitrogens with one attached hydrogen (secondary N) is 2. The second-order valence-corrected chi connectivity index (χ2v) is 8.10. The summed E-state index contributed by atoms with van der Waals surface area (Å²) in [7, 11) is 0. The summed E-state index contributed by atoms with van der Waals surface area (Å²) in [5, 5.41) is 12.9. The third kappa shape index (κ3) is 8.27. The van der Waals surface area contributed by atoms with Gasteiger partial charge in [0.1, 0.15) is 0 Å². The lowest BCUT2D eigenvalue weighted by Gasteiger charge is -2.04. The van der Waals surface area contributed by atoms with Crippen molar-refractivity contribution in [3.05, 3.63) is 0 Å². The number of imide groups is 1. The van der Waals surface area contributed by atoms with Crippen LogP contribution in [-0.4, -0.2) is 40.2 Å². The van der Waals surface area contributed by atoms with E-state index in [-0.39, 0.29) is 11.7 Å². The van der Waals surface area contributed by atoms with Crippen LogP contribution in [0.25, 0.3) is 0 Å². The van der Waals surface area contributed by atoms with Crippen molar-refractivity contribution in [2.75, 3.05) is 18.1 Å². The summed E-state index contributed by atoms with van der Waals surface area (Å²) in [6.45, 7) is 6.80. The molecule has 0 aliphatic carbocycles. The molecule has 1 aromatic rings. The van der Waals surface area contributed by atoms with Crippen molar-refractivity contribution in [2.24, 2.45) is 5.92 Å². The number of carbonyl (C=O) groups is 2. The first kappa shape index (κ1) is 18.2. The fraction of sp³-hybridized carbons (Fsp3) is 0.667. The highest BCUT2D eigenvalue weighted by atomic mass is 32.2. The lowest BCUT2D eigenvalue weighted by atomic mass is 10.3. The smallest absolute Gasteiger partial charge is 0.321 e. The van der Waals surface area contributed by atoms with Crippen LogP contribution in [0.4, 0.5) is 4.79 Å². The summed E-state index contributed by atoms with van der Waals surface area (Å²) < 4.78 is 1.65. The van der Waals surface area contributed by atoms with E-state index in [1.54, 1.807) is 11.8 Å². The molecule has 0 saturated heterocycles. The summed E-state index contributed by atoms with van der Waals surface area (Å²) in [6.07, 6.45) is 0.831. The number of aromatic nitrogens is 2. The molecular weight excluding hydrogens is 328 g/mol. The van der Waals surface area contributed by atoms with Crippen molar-refractivity contribution in [2.45, 2.75) is 35.9 Å². The van der Waals surface area contributed by atoms with Gasteiger partial charge < -0.3 is 5.32 Å². The second-order valence-electron chi connectivity index (χ2n) is 4.63. The van der Waals surface area contributed by atoms with E-state index < -0.39 is 6.03 Å². The number of hydrogen-bond donors (Lipinski definition) is 2. The average Bonchev–Trinajstić information content (AvgIpc) is 2.88. The van der Waals surface area contributed by atoms with Gasteiger partial charge in [-0.1, -0.05) is 55.6 Å². The molecule has 1 rings (SSSR count). The average molecular weight is 349 g/mol. The second kappa shape index (κ2) is 10.0. The summed E-state index contributed by atoms with van der Waals surface area (Å²) in [5.41, 5.74) is 0. The first-order valence-electron chi connectivity index (χ1n) is 6.68. The van der Waals surface area contributed by atoms with Crippen LogP contribution in [0.3, 0.4) is 0 Å². The lowest BCUT2D eigenvalue weighted by molar-refractivity contribution is -0.117. The maximum absolute atomic E-state index is 11.6. The molecular formula is C12H20N4O2S3. The van der Waals surface area contributed by atoms with Gasteiger partial charge in [-0.15, -0.1) is 10.2 Å². The number of urea groups is 1. The van der Waals surface area contributed by atoms with E-state index in [0.29, 0.717) is 12.5 Å². The predicted molar refractivity (Wildman–Crippen MR) is 88.0 cm³/mol. The molecule has 0 fully saturated rings. The van der Waals surface area contributed by atoms with Gasteiger partial charge in [0.05, 0.1) is 5.75 Å². The normalized spacial score (nSPS) is 10.7. The molecule has 6 nitrogen and oxygen atoms in total. The molecule has 0 aliphatic rings. The SMILES string of the molecule is CCCNC(=O)NC(=O)CSc1nnc(SCC(C)C)s1. The van der Waals surface area contributed by atoms with E-state index >= 15 is 0 Å². The van der Waals surface area contributed by atoms with E-state index in [4.69, 9.17) is 0 Å². The van der Waals surface area contributed by atoms with Crippen LogP contribution >= 0.6 is 34.9 Å². The van der Waals surface area contributed by atoms with Crippen LogP contribution in [0.1, 0.15) is 27.2 Å². The fourth-order valence-corrected chi connectivity index (χ4v) is 3.92. The zero-order chi connectivity index (χ0) is 15.7. The van der Waals surface area contributed by atoms with Crippen molar-refractivity contribution in [3.63, 3.8) is 0 Å². The minimum atomic E-state index is -0.451. The van der Waals surface area contributed by atoms with E-state index in [2.05, 4.69) is 34.7 Å². The number of nitrogens with zero attached hydrogens (tertiary/aromatic N) is 2. The molecule has 21 heavy (non-hydrogen) atoms.